The van der Waals surface area contributed by atoms with Crippen molar-refractivity contribution in [3.8, 4) is 5.75 Å². The summed E-state index contributed by atoms with van der Waals surface area (Å²) in [5.41, 5.74) is 2.01. The summed E-state index contributed by atoms with van der Waals surface area (Å²) in [5, 5.41) is 13.1. The van der Waals surface area contributed by atoms with E-state index in [4.69, 9.17) is 17.0 Å². The first-order chi connectivity index (χ1) is 13.8. The van der Waals surface area contributed by atoms with Crippen molar-refractivity contribution in [2.45, 2.75) is 6.92 Å². The standard InChI is InChI=1S/C20H15BrN2O5S/c1-11-2-5-13(6-3-11)23-19(27)14(18(26)22-20(23)29)8-12-4-7-16(15(21)9-12)28-10-17(24)25/h2-9H,10H2,1H3,(H,24,25)(H,22,26,29)/p-1/b14-8+. The number of hydrogen-bond acceptors (Lipinski definition) is 6. The van der Waals surface area contributed by atoms with Crippen molar-refractivity contribution in [2.75, 3.05) is 11.5 Å². The molecule has 3 rings (SSSR count). The van der Waals surface area contributed by atoms with Gasteiger partial charge >= 0.3 is 0 Å². The number of halogens is 1. The number of carbonyl (C=O) groups excluding carboxylic acids is 3. The predicted molar refractivity (Wildman–Crippen MR) is 112 cm³/mol. The van der Waals surface area contributed by atoms with Crippen molar-refractivity contribution >= 4 is 62.8 Å². The zero-order valence-corrected chi connectivity index (χ0v) is 17.5. The van der Waals surface area contributed by atoms with Gasteiger partial charge in [-0.25, -0.2) is 0 Å². The van der Waals surface area contributed by atoms with Crippen LogP contribution in [0.1, 0.15) is 11.1 Å². The van der Waals surface area contributed by atoms with Crippen molar-refractivity contribution in [1.82, 2.24) is 5.32 Å². The Hall–Kier alpha value is -3.04. The van der Waals surface area contributed by atoms with Gasteiger partial charge in [0.25, 0.3) is 11.8 Å². The summed E-state index contributed by atoms with van der Waals surface area (Å²) in [4.78, 5) is 37.1. The van der Waals surface area contributed by atoms with Crippen LogP contribution in [0, 0.1) is 6.92 Å². The molecule has 0 saturated carbocycles. The molecule has 1 fully saturated rings. The van der Waals surface area contributed by atoms with E-state index in [1.54, 1.807) is 24.3 Å². The van der Waals surface area contributed by atoms with E-state index >= 15 is 0 Å². The summed E-state index contributed by atoms with van der Waals surface area (Å²) in [6.07, 6.45) is 1.42. The number of carbonyl (C=O) groups is 3. The third kappa shape index (κ3) is 4.69. The Morgan fingerprint density at radius 2 is 1.93 bits per heavy atom. The fourth-order valence-corrected chi connectivity index (χ4v) is 3.41. The maximum Gasteiger partial charge on any atom is 0.270 e. The summed E-state index contributed by atoms with van der Waals surface area (Å²) < 4.78 is 5.54. The molecule has 2 amide bonds. The summed E-state index contributed by atoms with van der Waals surface area (Å²) >= 11 is 8.44. The number of ether oxygens (including phenoxy) is 1. The Morgan fingerprint density at radius 1 is 1.24 bits per heavy atom. The number of thiocarbonyl (C=S) groups is 1. The second kappa shape index (κ2) is 8.54. The second-order valence-corrected chi connectivity index (χ2v) is 7.38. The molecule has 0 radical (unpaired) electrons. The van der Waals surface area contributed by atoms with Crippen LogP contribution in [0.25, 0.3) is 6.08 Å². The molecule has 0 unspecified atom stereocenters. The van der Waals surface area contributed by atoms with Crippen LogP contribution in [0.2, 0.25) is 0 Å². The van der Waals surface area contributed by atoms with Crippen LogP contribution in [-0.2, 0) is 14.4 Å². The lowest BCUT2D eigenvalue weighted by Gasteiger charge is -2.29. The van der Waals surface area contributed by atoms with Gasteiger partial charge in [-0.1, -0.05) is 23.8 Å². The molecule has 1 heterocycles. The van der Waals surface area contributed by atoms with Crippen LogP contribution in [0.5, 0.6) is 5.75 Å². The molecule has 29 heavy (non-hydrogen) atoms. The lowest BCUT2D eigenvalue weighted by Crippen LogP contribution is -2.54. The fraction of sp³-hybridized carbons (Fsp3) is 0.100. The van der Waals surface area contributed by atoms with Gasteiger partial charge < -0.3 is 14.6 Å². The van der Waals surface area contributed by atoms with Gasteiger partial charge in [-0.2, -0.15) is 0 Å². The van der Waals surface area contributed by atoms with Crippen LogP contribution in [0.15, 0.2) is 52.5 Å². The number of aliphatic carboxylic acids is 1. The number of carboxylic acid groups (broad SMARTS) is 1. The minimum absolute atomic E-state index is 0.00760. The van der Waals surface area contributed by atoms with Crippen LogP contribution in [-0.4, -0.2) is 29.5 Å². The van der Waals surface area contributed by atoms with Gasteiger partial charge in [0.05, 0.1) is 16.1 Å². The van der Waals surface area contributed by atoms with Crippen LogP contribution < -0.4 is 20.1 Å². The summed E-state index contributed by atoms with van der Waals surface area (Å²) in [6, 6.07) is 11.9. The first-order valence-corrected chi connectivity index (χ1v) is 9.56. The number of nitrogens with one attached hydrogen (secondary N) is 1. The van der Waals surface area contributed by atoms with E-state index in [0.29, 0.717) is 21.5 Å². The highest BCUT2D eigenvalue weighted by Gasteiger charge is 2.34. The monoisotopic (exact) mass is 473 g/mol. The number of aryl methyl sites for hydroxylation is 1. The Balaban J connectivity index is 1.91. The molecule has 2 aromatic rings. The second-order valence-electron chi connectivity index (χ2n) is 6.14. The molecule has 1 aliphatic rings. The van der Waals surface area contributed by atoms with Gasteiger partial charge in [-0.15, -0.1) is 0 Å². The highest BCUT2D eigenvalue weighted by Crippen LogP contribution is 2.28. The number of nitrogens with zero attached hydrogens (tertiary/aromatic N) is 1. The van der Waals surface area contributed by atoms with Gasteiger partial charge in [0.15, 0.2) is 5.11 Å². The molecule has 0 spiro atoms. The number of benzene rings is 2. The Kier molecular flexibility index (Phi) is 6.09. The van der Waals surface area contributed by atoms with Crippen LogP contribution >= 0.6 is 28.1 Å². The molecule has 0 bridgehead atoms. The number of rotatable bonds is 5. The van der Waals surface area contributed by atoms with E-state index in [2.05, 4.69) is 21.2 Å². The third-order valence-corrected chi connectivity index (χ3v) is 4.91. The van der Waals surface area contributed by atoms with E-state index in [9.17, 15) is 19.5 Å². The van der Waals surface area contributed by atoms with E-state index < -0.39 is 24.4 Å². The fourth-order valence-electron chi connectivity index (χ4n) is 2.61. The molecule has 0 aromatic heterocycles. The van der Waals surface area contributed by atoms with Gasteiger partial charge in [-0.05, 0) is 71.0 Å². The van der Waals surface area contributed by atoms with Crippen molar-refractivity contribution in [3.63, 3.8) is 0 Å². The Morgan fingerprint density at radius 3 is 2.55 bits per heavy atom. The molecule has 9 heteroatoms. The third-order valence-electron chi connectivity index (χ3n) is 4.01. The van der Waals surface area contributed by atoms with Gasteiger partial charge in [-0.3, -0.25) is 19.8 Å². The summed E-state index contributed by atoms with van der Waals surface area (Å²) in [5.74, 6) is -2.20. The number of amides is 2. The molecule has 148 valence electrons. The highest BCUT2D eigenvalue weighted by molar-refractivity contribution is 9.10. The zero-order chi connectivity index (χ0) is 21.1. The quantitative estimate of drug-likeness (QED) is 0.403. The smallest absolute Gasteiger partial charge is 0.270 e. The van der Waals surface area contributed by atoms with Gasteiger partial charge in [0.1, 0.15) is 17.9 Å². The van der Waals surface area contributed by atoms with Gasteiger partial charge in [0, 0.05) is 0 Å². The van der Waals surface area contributed by atoms with E-state index in [1.165, 1.54) is 17.0 Å². The SMILES string of the molecule is Cc1ccc(N2C(=O)/C(=C/c3ccc(OCC(=O)[O-])c(Br)c3)C(=O)NC2=S)cc1. The normalized spacial score (nSPS) is 15.4. The maximum absolute atomic E-state index is 13.0. The van der Waals surface area contributed by atoms with Crippen molar-refractivity contribution in [1.29, 1.82) is 0 Å². The molecule has 1 aliphatic heterocycles. The Bertz CT molecular complexity index is 1050. The lowest BCUT2D eigenvalue weighted by molar-refractivity contribution is -0.307. The maximum atomic E-state index is 13.0. The lowest BCUT2D eigenvalue weighted by atomic mass is 10.1. The summed E-state index contributed by atoms with van der Waals surface area (Å²) in [6.45, 7) is 1.33. The van der Waals surface area contributed by atoms with Crippen molar-refractivity contribution in [2.24, 2.45) is 0 Å². The first kappa shape index (κ1) is 20.7. The minimum atomic E-state index is -1.35. The van der Waals surface area contributed by atoms with E-state index in [1.807, 2.05) is 19.1 Å². The Labute approximate surface area is 180 Å². The van der Waals surface area contributed by atoms with E-state index in [-0.39, 0.29) is 10.7 Å². The topological polar surface area (TPSA) is 98.8 Å². The number of hydrogen-bond donors (Lipinski definition) is 1. The molecule has 0 aliphatic carbocycles. The first-order valence-electron chi connectivity index (χ1n) is 8.36. The van der Waals surface area contributed by atoms with Gasteiger partial charge in [0.2, 0.25) is 0 Å². The predicted octanol–water partition coefficient (Wildman–Crippen LogP) is 1.72. The average molecular weight is 474 g/mol. The zero-order valence-electron chi connectivity index (χ0n) is 15.1. The minimum Gasteiger partial charge on any atom is -0.546 e. The number of anilines is 1. The van der Waals surface area contributed by atoms with Crippen LogP contribution in [0.3, 0.4) is 0 Å². The van der Waals surface area contributed by atoms with Crippen molar-refractivity contribution < 1.29 is 24.2 Å². The van der Waals surface area contributed by atoms with Crippen LogP contribution in [0.4, 0.5) is 5.69 Å². The largest absolute Gasteiger partial charge is 0.546 e. The molecule has 1 saturated heterocycles. The highest BCUT2D eigenvalue weighted by atomic mass is 79.9. The molecule has 1 N–H and O–H groups in total. The molecule has 7 nitrogen and oxygen atoms in total. The molecule has 2 aromatic carbocycles. The molecule has 0 atom stereocenters. The summed E-state index contributed by atoms with van der Waals surface area (Å²) in [7, 11) is 0. The average Bonchev–Trinajstić information content (AvgIpc) is 2.65. The molecular formula is C20H14BrN2O5S-. The molecular weight excluding hydrogens is 460 g/mol. The number of carboxylic acids is 1. The van der Waals surface area contributed by atoms with E-state index in [0.717, 1.165) is 5.56 Å². The van der Waals surface area contributed by atoms with Crippen molar-refractivity contribution in [3.05, 3.63) is 63.6 Å².